The summed E-state index contributed by atoms with van der Waals surface area (Å²) in [4.78, 5) is 43.5. The van der Waals surface area contributed by atoms with Gasteiger partial charge in [-0.25, -0.2) is 0 Å². The minimum Gasteiger partial charge on any atom is -0.359 e. The Morgan fingerprint density at radius 2 is 1.73 bits per heavy atom. The van der Waals surface area contributed by atoms with Crippen molar-refractivity contribution in [2.24, 2.45) is 11.8 Å². The summed E-state index contributed by atoms with van der Waals surface area (Å²) in [5.74, 6) is -1.76. The van der Waals surface area contributed by atoms with Gasteiger partial charge in [0, 0.05) is 23.3 Å². The van der Waals surface area contributed by atoms with Gasteiger partial charge in [-0.3, -0.25) is 14.4 Å². The molecule has 3 aliphatic heterocycles. The van der Waals surface area contributed by atoms with Crippen LogP contribution in [0.15, 0.2) is 60.7 Å². The Bertz CT molecular complexity index is 1340. The highest BCUT2D eigenvalue weighted by molar-refractivity contribution is 6.30. The van der Waals surface area contributed by atoms with Crippen LogP contribution >= 0.6 is 11.6 Å². The van der Waals surface area contributed by atoms with Gasteiger partial charge in [0.1, 0.15) is 11.6 Å². The number of carbonyl (C=O) groups excluding carboxylic acids is 3. The number of amides is 3. The summed E-state index contributed by atoms with van der Waals surface area (Å²) in [6, 6.07) is 14.6. The third-order valence-corrected chi connectivity index (χ3v) is 9.53. The summed E-state index contributed by atoms with van der Waals surface area (Å²) in [5, 5.41) is 6.90. The highest BCUT2D eigenvalue weighted by Crippen LogP contribution is 2.55. The molecule has 1 spiro atoms. The number of benzene rings is 2. The molecular weight excluding hydrogens is 538 g/mol. The van der Waals surface area contributed by atoms with E-state index in [1.54, 1.807) is 4.90 Å². The lowest BCUT2D eigenvalue weighted by molar-refractivity contribution is -0.141. The molecule has 2 bridgehead atoms. The SMILES string of the molecule is CC(C)c1ccc(NC(=O)[C@H]2[C@H]3C=C[C@@]4(O3)[C@H]2C(=O)N(CCc2ccc(Cl)cc2)[C@@H]4C(=O)NC2CCCCC2)cc1. The molecule has 6 rings (SSSR count). The monoisotopic (exact) mass is 575 g/mol. The van der Waals surface area contributed by atoms with E-state index in [0.29, 0.717) is 29.6 Å². The van der Waals surface area contributed by atoms with Gasteiger partial charge >= 0.3 is 0 Å². The predicted molar refractivity (Wildman–Crippen MR) is 159 cm³/mol. The average Bonchev–Trinajstić information content (AvgIpc) is 3.61. The zero-order chi connectivity index (χ0) is 28.7. The zero-order valence-electron chi connectivity index (χ0n) is 23.6. The van der Waals surface area contributed by atoms with Crippen molar-refractivity contribution in [3.63, 3.8) is 0 Å². The van der Waals surface area contributed by atoms with Gasteiger partial charge in [-0.05, 0) is 60.6 Å². The molecule has 2 saturated heterocycles. The summed E-state index contributed by atoms with van der Waals surface area (Å²) < 4.78 is 6.48. The van der Waals surface area contributed by atoms with Gasteiger partial charge in [0.2, 0.25) is 17.7 Å². The van der Waals surface area contributed by atoms with Crippen LogP contribution in [-0.2, 0) is 25.5 Å². The van der Waals surface area contributed by atoms with E-state index in [0.717, 1.165) is 31.2 Å². The van der Waals surface area contributed by atoms with Crippen LogP contribution in [0.4, 0.5) is 5.69 Å². The second-order valence-corrected chi connectivity index (χ2v) is 12.7. The van der Waals surface area contributed by atoms with Crippen LogP contribution in [0.25, 0.3) is 0 Å². The fourth-order valence-electron chi connectivity index (χ4n) is 7.11. The topological polar surface area (TPSA) is 87.7 Å². The first-order valence-corrected chi connectivity index (χ1v) is 15.3. The number of halogens is 1. The van der Waals surface area contributed by atoms with Gasteiger partial charge in [0.05, 0.1) is 17.9 Å². The molecule has 4 aliphatic rings. The number of nitrogens with one attached hydrogen (secondary N) is 2. The average molecular weight is 576 g/mol. The van der Waals surface area contributed by atoms with Crippen molar-refractivity contribution in [2.45, 2.75) is 82.1 Å². The van der Waals surface area contributed by atoms with Gasteiger partial charge < -0.3 is 20.3 Å². The van der Waals surface area contributed by atoms with Crippen molar-refractivity contribution >= 4 is 35.0 Å². The van der Waals surface area contributed by atoms with E-state index in [2.05, 4.69) is 24.5 Å². The van der Waals surface area contributed by atoms with Crippen molar-refractivity contribution in [2.75, 3.05) is 11.9 Å². The van der Waals surface area contributed by atoms with Crippen molar-refractivity contribution in [1.29, 1.82) is 0 Å². The Kier molecular flexibility index (Phi) is 7.68. The lowest BCUT2D eigenvalue weighted by Crippen LogP contribution is -2.56. The molecule has 1 aliphatic carbocycles. The number of ether oxygens (including phenoxy) is 1. The number of rotatable bonds is 8. The summed E-state index contributed by atoms with van der Waals surface area (Å²) in [6.07, 6.45) is 8.96. The molecule has 0 unspecified atom stereocenters. The highest BCUT2D eigenvalue weighted by atomic mass is 35.5. The minimum atomic E-state index is -1.16. The molecule has 1 saturated carbocycles. The van der Waals surface area contributed by atoms with Crippen LogP contribution < -0.4 is 10.6 Å². The van der Waals surface area contributed by atoms with Crippen molar-refractivity contribution in [3.05, 3.63) is 76.8 Å². The van der Waals surface area contributed by atoms with E-state index < -0.39 is 29.6 Å². The highest BCUT2D eigenvalue weighted by Gasteiger charge is 2.72. The summed E-state index contributed by atoms with van der Waals surface area (Å²) >= 11 is 6.07. The molecular formula is C33H38ClN3O4. The van der Waals surface area contributed by atoms with Gasteiger partial charge in [-0.1, -0.05) is 81.1 Å². The lowest BCUT2D eigenvalue weighted by Gasteiger charge is -2.34. The van der Waals surface area contributed by atoms with E-state index in [9.17, 15) is 14.4 Å². The molecule has 41 heavy (non-hydrogen) atoms. The maximum absolute atomic E-state index is 14.2. The fourth-order valence-corrected chi connectivity index (χ4v) is 7.24. The number of likely N-dealkylation sites (tertiary alicyclic amines) is 1. The summed E-state index contributed by atoms with van der Waals surface area (Å²) in [6.45, 7) is 4.59. The molecule has 3 amide bonds. The normalized spacial score (nSPS) is 28.8. The number of hydrogen-bond acceptors (Lipinski definition) is 4. The smallest absolute Gasteiger partial charge is 0.246 e. The van der Waals surface area contributed by atoms with Crippen LogP contribution in [-0.4, -0.2) is 53.0 Å². The van der Waals surface area contributed by atoms with Gasteiger partial charge in [0.25, 0.3) is 0 Å². The molecule has 216 valence electrons. The van der Waals surface area contributed by atoms with Crippen molar-refractivity contribution in [1.82, 2.24) is 10.2 Å². The molecule has 3 fully saturated rings. The van der Waals surface area contributed by atoms with E-state index in [4.69, 9.17) is 16.3 Å². The third kappa shape index (κ3) is 5.19. The Morgan fingerprint density at radius 3 is 2.41 bits per heavy atom. The number of nitrogens with zero attached hydrogens (tertiary/aromatic N) is 1. The van der Waals surface area contributed by atoms with Crippen LogP contribution in [0.2, 0.25) is 5.02 Å². The maximum atomic E-state index is 14.2. The van der Waals surface area contributed by atoms with Crippen molar-refractivity contribution in [3.8, 4) is 0 Å². The zero-order valence-corrected chi connectivity index (χ0v) is 24.4. The van der Waals surface area contributed by atoms with Crippen LogP contribution in [0.3, 0.4) is 0 Å². The second kappa shape index (κ2) is 11.3. The first-order valence-electron chi connectivity index (χ1n) is 14.9. The second-order valence-electron chi connectivity index (χ2n) is 12.2. The minimum absolute atomic E-state index is 0.0930. The molecule has 0 radical (unpaired) electrons. The molecule has 2 N–H and O–H groups in total. The summed E-state index contributed by atoms with van der Waals surface area (Å²) in [7, 11) is 0. The number of anilines is 1. The Labute approximate surface area is 246 Å². The number of carbonyl (C=O) groups is 3. The lowest BCUT2D eigenvalue weighted by atomic mass is 9.74. The van der Waals surface area contributed by atoms with E-state index in [1.807, 2.05) is 60.7 Å². The molecule has 5 atom stereocenters. The van der Waals surface area contributed by atoms with Gasteiger partial charge in [-0.2, -0.15) is 0 Å². The molecule has 7 nitrogen and oxygen atoms in total. The Morgan fingerprint density at radius 1 is 1.02 bits per heavy atom. The largest absolute Gasteiger partial charge is 0.359 e. The Balaban J connectivity index is 1.27. The van der Waals surface area contributed by atoms with Gasteiger partial charge in [0.15, 0.2) is 0 Å². The molecule has 0 aromatic heterocycles. The number of fused-ring (bicyclic) bond motifs is 1. The number of hydrogen-bond donors (Lipinski definition) is 2. The van der Waals surface area contributed by atoms with Gasteiger partial charge in [-0.15, -0.1) is 0 Å². The molecule has 3 heterocycles. The maximum Gasteiger partial charge on any atom is 0.246 e. The van der Waals surface area contributed by atoms with E-state index >= 15 is 0 Å². The van der Waals surface area contributed by atoms with E-state index in [1.165, 1.54) is 12.0 Å². The quantitative estimate of drug-likeness (QED) is 0.421. The van der Waals surface area contributed by atoms with Crippen LogP contribution in [0.1, 0.15) is 63.0 Å². The van der Waals surface area contributed by atoms with Crippen LogP contribution in [0.5, 0.6) is 0 Å². The first kappa shape index (κ1) is 28.0. The Hall–Kier alpha value is -3.16. The van der Waals surface area contributed by atoms with E-state index in [-0.39, 0.29) is 23.8 Å². The molecule has 8 heteroatoms. The summed E-state index contributed by atoms with van der Waals surface area (Å²) in [5.41, 5.74) is 1.71. The van der Waals surface area contributed by atoms with Crippen LogP contribution in [0, 0.1) is 11.8 Å². The molecule has 2 aromatic rings. The fraction of sp³-hybridized carbons (Fsp3) is 0.485. The standard InChI is InChI=1S/C33H38ClN3O4/c1-20(2)22-10-14-25(15-11-22)35-30(38)27-26-16-18-33(41-26)28(27)32(40)37(19-17-21-8-12-23(34)13-9-21)29(33)31(39)36-24-6-4-3-5-7-24/h8-16,18,20,24,26-29H,3-7,17,19H2,1-2H3,(H,35,38)(H,36,39)/t26-,27+,28-,29-,33-/m1/s1. The third-order valence-electron chi connectivity index (χ3n) is 9.28. The predicted octanol–water partition coefficient (Wildman–Crippen LogP) is 5.24. The van der Waals surface area contributed by atoms with Crippen molar-refractivity contribution < 1.29 is 19.1 Å². The molecule has 2 aromatic carbocycles. The first-order chi connectivity index (χ1) is 19.8.